The number of aromatic nitrogens is 2. The van der Waals surface area contributed by atoms with Gasteiger partial charge in [-0.05, 0) is 56.6 Å². The number of carbonyl (C=O) groups is 2. The molecule has 2 amide bonds. The summed E-state index contributed by atoms with van der Waals surface area (Å²) in [6.45, 7) is 4.74. The number of halogens is 1. The number of hydrogen-bond donors (Lipinski definition) is 3. The van der Waals surface area contributed by atoms with Gasteiger partial charge in [-0.2, -0.15) is 5.10 Å². The average Bonchev–Trinajstić information content (AvgIpc) is 3.29. The van der Waals surface area contributed by atoms with Crippen molar-refractivity contribution < 1.29 is 14.7 Å². The van der Waals surface area contributed by atoms with E-state index in [4.69, 9.17) is 11.6 Å². The summed E-state index contributed by atoms with van der Waals surface area (Å²) in [4.78, 5) is 26.4. The molecule has 1 aromatic carbocycles. The molecule has 0 radical (unpaired) electrons. The number of aliphatic hydroxyl groups is 1. The molecule has 1 saturated heterocycles. The van der Waals surface area contributed by atoms with Crippen LogP contribution in [0, 0.1) is 6.92 Å². The molecule has 0 unspecified atom stereocenters. The minimum atomic E-state index is -0.800. The summed E-state index contributed by atoms with van der Waals surface area (Å²) in [6.07, 6.45) is 4.83. The number of carbonyl (C=O) groups excluding carboxylic acids is 2. The zero-order valence-corrected chi connectivity index (χ0v) is 16.4. The van der Waals surface area contributed by atoms with Crippen molar-refractivity contribution in [3.63, 3.8) is 0 Å². The van der Waals surface area contributed by atoms with Crippen molar-refractivity contribution in [2.45, 2.75) is 32.4 Å². The minimum Gasteiger partial charge on any atom is -0.390 e. The molecule has 1 aliphatic rings. The van der Waals surface area contributed by atoms with Gasteiger partial charge >= 0.3 is 11.8 Å². The van der Waals surface area contributed by atoms with E-state index < -0.39 is 17.9 Å². The SMILES string of the molecule is Cc1cc(Cl)ccc1NC(=O)C(=O)Nc1cnn(C[C@@H](O)CN2CCCC2)c1. The van der Waals surface area contributed by atoms with E-state index in [2.05, 4.69) is 20.6 Å². The molecule has 3 rings (SSSR count). The molecular weight excluding hydrogens is 382 g/mol. The second-order valence-electron chi connectivity index (χ2n) is 6.98. The molecule has 0 aliphatic carbocycles. The van der Waals surface area contributed by atoms with Crippen LogP contribution in [0.2, 0.25) is 5.02 Å². The second kappa shape index (κ2) is 9.18. The topological polar surface area (TPSA) is 99.5 Å². The second-order valence-corrected chi connectivity index (χ2v) is 7.42. The first kappa shape index (κ1) is 20.3. The first-order valence-corrected chi connectivity index (χ1v) is 9.60. The Bertz CT molecular complexity index is 848. The summed E-state index contributed by atoms with van der Waals surface area (Å²) in [5.74, 6) is -1.58. The van der Waals surface area contributed by atoms with E-state index in [1.165, 1.54) is 19.0 Å². The number of amides is 2. The fraction of sp³-hybridized carbons (Fsp3) is 0.421. The van der Waals surface area contributed by atoms with Gasteiger partial charge in [0.05, 0.1) is 24.5 Å². The number of benzene rings is 1. The van der Waals surface area contributed by atoms with Crippen molar-refractivity contribution in [1.82, 2.24) is 14.7 Å². The molecule has 1 aliphatic heterocycles. The molecular formula is C19H24ClN5O3. The van der Waals surface area contributed by atoms with Crippen LogP contribution in [0.3, 0.4) is 0 Å². The van der Waals surface area contributed by atoms with Gasteiger partial charge in [0.15, 0.2) is 0 Å². The van der Waals surface area contributed by atoms with E-state index in [9.17, 15) is 14.7 Å². The number of aryl methyl sites for hydroxylation is 1. The fourth-order valence-corrected chi connectivity index (χ4v) is 3.43. The van der Waals surface area contributed by atoms with E-state index in [1.807, 2.05) is 0 Å². The maximum atomic E-state index is 12.1. The third kappa shape index (κ3) is 5.54. The third-order valence-electron chi connectivity index (χ3n) is 4.60. The Morgan fingerprint density at radius 2 is 1.93 bits per heavy atom. The highest BCUT2D eigenvalue weighted by molar-refractivity contribution is 6.43. The van der Waals surface area contributed by atoms with E-state index in [0.29, 0.717) is 29.5 Å². The Hall–Kier alpha value is -2.42. The third-order valence-corrected chi connectivity index (χ3v) is 4.83. The molecule has 3 N–H and O–H groups in total. The fourth-order valence-electron chi connectivity index (χ4n) is 3.20. The van der Waals surface area contributed by atoms with Gasteiger partial charge < -0.3 is 20.6 Å². The molecule has 2 heterocycles. The lowest BCUT2D eigenvalue weighted by atomic mass is 10.2. The van der Waals surface area contributed by atoms with Gasteiger partial charge in [-0.15, -0.1) is 0 Å². The summed E-state index contributed by atoms with van der Waals surface area (Å²) in [7, 11) is 0. The predicted molar refractivity (Wildman–Crippen MR) is 107 cm³/mol. The molecule has 1 fully saturated rings. The zero-order valence-electron chi connectivity index (χ0n) is 15.7. The van der Waals surface area contributed by atoms with Crippen LogP contribution in [0.4, 0.5) is 11.4 Å². The van der Waals surface area contributed by atoms with Gasteiger partial charge in [0.25, 0.3) is 0 Å². The molecule has 0 spiro atoms. The molecule has 9 heteroatoms. The number of anilines is 2. The van der Waals surface area contributed by atoms with Gasteiger partial charge in [-0.25, -0.2) is 0 Å². The molecule has 0 saturated carbocycles. The molecule has 8 nitrogen and oxygen atoms in total. The van der Waals surface area contributed by atoms with Crippen LogP contribution in [-0.2, 0) is 16.1 Å². The predicted octanol–water partition coefficient (Wildman–Crippen LogP) is 1.88. The van der Waals surface area contributed by atoms with Crippen LogP contribution in [0.25, 0.3) is 0 Å². The van der Waals surface area contributed by atoms with Crippen LogP contribution < -0.4 is 10.6 Å². The lowest BCUT2D eigenvalue weighted by Gasteiger charge is -2.19. The van der Waals surface area contributed by atoms with Gasteiger partial charge in [0.2, 0.25) is 0 Å². The van der Waals surface area contributed by atoms with Gasteiger partial charge in [0, 0.05) is 23.5 Å². The Balaban J connectivity index is 1.50. The molecule has 1 aromatic heterocycles. The minimum absolute atomic E-state index is 0.322. The quantitative estimate of drug-likeness (QED) is 0.637. The summed E-state index contributed by atoms with van der Waals surface area (Å²) in [5.41, 5.74) is 1.67. The number of hydrogen-bond acceptors (Lipinski definition) is 5. The van der Waals surface area contributed by atoms with Crippen molar-refractivity contribution in [3.8, 4) is 0 Å². The molecule has 150 valence electrons. The van der Waals surface area contributed by atoms with Crippen LogP contribution in [0.15, 0.2) is 30.6 Å². The Morgan fingerprint density at radius 3 is 2.64 bits per heavy atom. The Morgan fingerprint density at radius 1 is 1.21 bits per heavy atom. The highest BCUT2D eigenvalue weighted by Gasteiger charge is 2.18. The van der Waals surface area contributed by atoms with Crippen molar-refractivity contribution in [1.29, 1.82) is 0 Å². The van der Waals surface area contributed by atoms with Gasteiger partial charge in [-0.1, -0.05) is 11.6 Å². The highest BCUT2D eigenvalue weighted by Crippen LogP contribution is 2.19. The molecule has 1 atom stereocenters. The van der Waals surface area contributed by atoms with Gasteiger partial charge in [-0.3, -0.25) is 14.3 Å². The number of aliphatic hydroxyl groups excluding tert-OH is 1. The molecule has 2 aromatic rings. The maximum Gasteiger partial charge on any atom is 0.314 e. The first-order chi connectivity index (χ1) is 13.4. The summed E-state index contributed by atoms with van der Waals surface area (Å²) >= 11 is 5.89. The standard InChI is InChI=1S/C19H24ClN5O3/c1-13-8-14(20)4-5-17(13)23-19(28)18(27)22-15-9-21-25(10-15)12-16(26)11-24-6-2-3-7-24/h4-5,8-10,16,26H,2-3,6-7,11-12H2,1H3,(H,22,27)(H,23,28)/t16-/m0/s1. The van der Waals surface area contributed by atoms with Gasteiger partial charge in [0.1, 0.15) is 0 Å². The first-order valence-electron chi connectivity index (χ1n) is 9.22. The van der Waals surface area contributed by atoms with Crippen LogP contribution in [0.5, 0.6) is 0 Å². The Kier molecular flexibility index (Phi) is 6.66. The lowest BCUT2D eigenvalue weighted by molar-refractivity contribution is -0.133. The lowest BCUT2D eigenvalue weighted by Crippen LogP contribution is -2.32. The van der Waals surface area contributed by atoms with Crippen molar-refractivity contribution >= 4 is 34.8 Å². The maximum absolute atomic E-state index is 12.1. The summed E-state index contributed by atoms with van der Waals surface area (Å²) < 4.78 is 1.55. The van der Waals surface area contributed by atoms with Crippen LogP contribution in [0.1, 0.15) is 18.4 Å². The van der Waals surface area contributed by atoms with E-state index in [0.717, 1.165) is 18.7 Å². The average molecular weight is 406 g/mol. The Labute approximate surface area is 168 Å². The van der Waals surface area contributed by atoms with E-state index >= 15 is 0 Å². The molecule has 0 bridgehead atoms. The number of nitrogens with zero attached hydrogens (tertiary/aromatic N) is 3. The van der Waals surface area contributed by atoms with E-state index in [-0.39, 0.29) is 0 Å². The van der Waals surface area contributed by atoms with Crippen LogP contribution in [-0.4, -0.2) is 57.3 Å². The van der Waals surface area contributed by atoms with Crippen LogP contribution >= 0.6 is 11.6 Å². The summed E-state index contributed by atoms with van der Waals surface area (Å²) in [6, 6.07) is 4.98. The molecule has 28 heavy (non-hydrogen) atoms. The number of nitrogens with one attached hydrogen (secondary N) is 2. The number of likely N-dealkylation sites (tertiary alicyclic amines) is 1. The van der Waals surface area contributed by atoms with E-state index in [1.54, 1.807) is 36.0 Å². The highest BCUT2D eigenvalue weighted by atomic mass is 35.5. The monoisotopic (exact) mass is 405 g/mol. The summed E-state index contributed by atoms with van der Waals surface area (Å²) in [5, 5.41) is 19.9. The van der Waals surface area contributed by atoms with Crippen molar-refractivity contribution in [2.24, 2.45) is 0 Å². The normalized spacial score (nSPS) is 15.4. The van der Waals surface area contributed by atoms with Crippen molar-refractivity contribution in [3.05, 3.63) is 41.2 Å². The zero-order chi connectivity index (χ0) is 20.1. The number of rotatable bonds is 6. The smallest absolute Gasteiger partial charge is 0.314 e. The largest absolute Gasteiger partial charge is 0.390 e. The van der Waals surface area contributed by atoms with Crippen molar-refractivity contribution in [2.75, 3.05) is 30.3 Å². The number of β-amino-alcohol motifs (C(OH)–C–C–N with tert-alkyl or cyclic N) is 1.